The van der Waals surface area contributed by atoms with Crippen LogP contribution in [0, 0.1) is 17.0 Å². The molecule has 2 aromatic rings. The molecule has 1 aromatic carbocycles. The summed E-state index contributed by atoms with van der Waals surface area (Å²) in [6.07, 6.45) is 0. The second kappa shape index (κ2) is 6.10. The Labute approximate surface area is 134 Å². The molecule has 4 nitrogen and oxygen atoms in total. The molecule has 1 atom stereocenters. The summed E-state index contributed by atoms with van der Waals surface area (Å²) in [5.74, 6) is -1.64. The third-order valence-corrected chi connectivity index (χ3v) is 3.97. The summed E-state index contributed by atoms with van der Waals surface area (Å²) in [6.45, 7) is 8.01. The van der Waals surface area contributed by atoms with Crippen LogP contribution in [-0.2, 0) is 7.05 Å². The Bertz CT molecular complexity index is 732. The van der Waals surface area contributed by atoms with E-state index in [1.807, 2.05) is 27.7 Å². The highest BCUT2D eigenvalue weighted by atomic mass is 19.1. The molecule has 23 heavy (non-hydrogen) atoms. The Kier molecular flexibility index (Phi) is 4.54. The molecule has 0 aliphatic rings. The van der Waals surface area contributed by atoms with Crippen molar-refractivity contribution in [3.05, 3.63) is 41.6 Å². The standard InChI is InChI=1S/C17H21F2N3O/c1-10(17(2,3)4)20-16(23)15-9-14(21-22(15)5)12-7-6-11(18)8-13(12)19/h6-10H,1-5H3,(H,20,23). The molecule has 1 N–H and O–H groups in total. The molecular formula is C17H21F2N3O. The number of rotatable bonds is 3. The van der Waals surface area contributed by atoms with Crippen molar-refractivity contribution >= 4 is 5.91 Å². The molecule has 6 heteroatoms. The van der Waals surface area contributed by atoms with Crippen molar-refractivity contribution in [3.63, 3.8) is 0 Å². The predicted molar refractivity (Wildman–Crippen MR) is 84.9 cm³/mol. The number of carbonyl (C=O) groups excluding carboxylic acids is 1. The largest absolute Gasteiger partial charge is 0.348 e. The zero-order valence-corrected chi connectivity index (χ0v) is 13.9. The number of amides is 1. The molecule has 0 bridgehead atoms. The number of carbonyl (C=O) groups is 1. The van der Waals surface area contributed by atoms with Crippen LogP contribution in [0.4, 0.5) is 8.78 Å². The van der Waals surface area contributed by atoms with Crippen LogP contribution in [0.15, 0.2) is 24.3 Å². The van der Waals surface area contributed by atoms with Gasteiger partial charge in [0.15, 0.2) is 0 Å². The van der Waals surface area contributed by atoms with Crippen molar-refractivity contribution in [3.8, 4) is 11.3 Å². The topological polar surface area (TPSA) is 46.9 Å². The molecule has 1 amide bonds. The number of hydrogen-bond acceptors (Lipinski definition) is 2. The first kappa shape index (κ1) is 17.1. The van der Waals surface area contributed by atoms with Crippen molar-refractivity contribution in [2.75, 3.05) is 0 Å². The van der Waals surface area contributed by atoms with Crippen molar-refractivity contribution in [2.45, 2.75) is 33.7 Å². The molecule has 0 spiro atoms. The van der Waals surface area contributed by atoms with E-state index in [0.29, 0.717) is 11.4 Å². The van der Waals surface area contributed by atoms with Gasteiger partial charge in [-0.3, -0.25) is 9.48 Å². The van der Waals surface area contributed by atoms with Crippen molar-refractivity contribution in [2.24, 2.45) is 12.5 Å². The maximum Gasteiger partial charge on any atom is 0.269 e. The number of hydrogen-bond donors (Lipinski definition) is 1. The summed E-state index contributed by atoms with van der Waals surface area (Å²) >= 11 is 0. The van der Waals surface area contributed by atoms with Gasteiger partial charge in [-0.15, -0.1) is 0 Å². The van der Waals surface area contributed by atoms with E-state index in [1.54, 1.807) is 7.05 Å². The summed E-state index contributed by atoms with van der Waals surface area (Å²) in [6, 6.07) is 4.73. The van der Waals surface area contributed by atoms with Crippen LogP contribution in [0.1, 0.15) is 38.2 Å². The molecule has 0 fully saturated rings. The van der Waals surface area contributed by atoms with Crippen LogP contribution in [-0.4, -0.2) is 21.7 Å². The van der Waals surface area contributed by atoms with Gasteiger partial charge in [-0.25, -0.2) is 8.78 Å². The van der Waals surface area contributed by atoms with Gasteiger partial charge >= 0.3 is 0 Å². The highest BCUT2D eigenvalue weighted by Crippen LogP contribution is 2.24. The molecule has 0 radical (unpaired) electrons. The zero-order chi connectivity index (χ0) is 17.4. The van der Waals surface area contributed by atoms with Gasteiger partial charge in [-0.1, -0.05) is 20.8 Å². The van der Waals surface area contributed by atoms with E-state index in [9.17, 15) is 13.6 Å². The summed E-state index contributed by atoms with van der Waals surface area (Å²) in [7, 11) is 1.61. The average Bonchev–Trinajstić information content (AvgIpc) is 2.79. The minimum atomic E-state index is -0.710. The van der Waals surface area contributed by atoms with Gasteiger partial charge in [0.2, 0.25) is 0 Å². The lowest BCUT2D eigenvalue weighted by Crippen LogP contribution is -2.42. The smallest absolute Gasteiger partial charge is 0.269 e. The number of halogens is 2. The fraction of sp³-hybridized carbons (Fsp3) is 0.412. The van der Waals surface area contributed by atoms with E-state index in [4.69, 9.17) is 0 Å². The lowest BCUT2D eigenvalue weighted by atomic mass is 9.88. The number of aryl methyl sites for hydroxylation is 1. The van der Waals surface area contributed by atoms with Crippen LogP contribution < -0.4 is 5.32 Å². The van der Waals surface area contributed by atoms with E-state index < -0.39 is 11.6 Å². The monoisotopic (exact) mass is 321 g/mol. The fourth-order valence-corrected chi connectivity index (χ4v) is 2.00. The molecule has 2 rings (SSSR count). The van der Waals surface area contributed by atoms with Crippen LogP contribution in [0.2, 0.25) is 0 Å². The molecule has 1 heterocycles. The van der Waals surface area contributed by atoms with Gasteiger partial charge in [0.05, 0.1) is 5.69 Å². The van der Waals surface area contributed by atoms with Crippen molar-refractivity contribution < 1.29 is 13.6 Å². The van der Waals surface area contributed by atoms with Crippen LogP contribution >= 0.6 is 0 Å². The molecule has 0 saturated heterocycles. The summed E-state index contributed by atoms with van der Waals surface area (Å²) < 4.78 is 28.2. The first-order valence-corrected chi connectivity index (χ1v) is 7.40. The third-order valence-electron chi connectivity index (χ3n) is 3.97. The number of nitrogens with zero attached hydrogens (tertiary/aromatic N) is 2. The summed E-state index contributed by atoms with van der Waals surface area (Å²) in [5.41, 5.74) is 0.684. The number of benzene rings is 1. The van der Waals surface area contributed by atoms with Gasteiger partial charge in [-0.2, -0.15) is 5.10 Å². The Morgan fingerprint density at radius 3 is 2.48 bits per heavy atom. The second-order valence-electron chi connectivity index (χ2n) is 6.72. The van der Waals surface area contributed by atoms with E-state index in [1.165, 1.54) is 16.8 Å². The van der Waals surface area contributed by atoms with Gasteiger partial charge in [0, 0.05) is 24.7 Å². The highest BCUT2D eigenvalue weighted by Gasteiger charge is 2.24. The highest BCUT2D eigenvalue weighted by molar-refractivity contribution is 5.93. The van der Waals surface area contributed by atoms with Crippen LogP contribution in [0.25, 0.3) is 11.3 Å². The third kappa shape index (κ3) is 3.75. The first-order chi connectivity index (χ1) is 10.6. The van der Waals surface area contributed by atoms with E-state index >= 15 is 0 Å². The van der Waals surface area contributed by atoms with Crippen LogP contribution in [0.3, 0.4) is 0 Å². The Morgan fingerprint density at radius 1 is 1.26 bits per heavy atom. The molecule has 1 aromatic heterocycles. The Hall–Kier alpha value is -2.24. The molecular weight excluding hydrogens is 300 g/mol. The van der Waals surface area contributed by atoms with Crippen molar-refractivity contribution in [1.29, 1.82) is 0 Å². The minimum Gasteiger partial charge on any atom is -0.348 e. The number of aromatic nitrogens is 2. The predicted octanol–water partition coefficient (Wildman–Crippen LogP) is 3.53. The second-order valence-corrected chi connectivity index (χ2v) is 6.72. The normalized spacial score (nSPS) is 13.0. The Balaban J connectivity index is 2.29. The number of nitrogens with one attached hydrogen (secondary N) is 1. The van der Waals surface area contributed by atoms with Gasteiger partial charge in [0.25, 0.3) is 5.91 Å². The summed E-state index contributed by atoms with van der Waals surface area (Å²) in [5, 5.41) is 7.07. The maximum absolute atomic E-state index is 13.9. The fourth-order valence-electron chi connectivity index (χ4n) is 2.00. The maximum atomic E-state index is 13.9. The quantitative estimate of drug-likeness (QED) is 0.940. The zero-order valence-electron chi connectivity index (χ0n) is 13.9. The molecule has 0 aliphatic carbocycles. The van der Waals surface area contributed by atoms with E-state index in [2.05, 4.69) is 10.4 Å². The minimum absolute atomic E-state index is 0.0455. The van der Waals surface area contributed by atoms with Gasteiger partial charge < -0.3 is 5.32 Å². The summed E-state index contributed by atoms with van der Waals surface area (Å²) in [4.78, 5) is 12.4. The lowest BCUT2D eigenvalue weighted by molar-refractivity contribution is 0.0900. The lowest BCUT2D eigenvalue weighted by Gasteiger charge is -2.27. The average molecular weight is 321 g/mol. The first-order valence-electron chi connectivity index (χ1n) is 7.40. The molecule has 0 aliphatic heterocycles. The molecule has 0 saturated carbocycles. The van der Waals surface area contributed by atoms with Crippen LogP contribution in [0.5, 0.6) is 0 Å². The molecule has 124 valence electrons. The van der Waals surface area contributed by atoms with Gasteiger partial charge in [-0.05, 0) is 30.5 Å². The SMILES string of the molecule is CC(NC(=O)c1cc(-c2ccc(F)cc2F)nn1C)C(C)(C)C. The van der Waals surface area contributed by atoms with Crippen molar-refractivity contribution in [1.82, 2.24) is 15.1 Å². The molecule has 1 unspecified atom stereocenters. The Morgan fingerprint density at radius 2 is 1.91 bits per heavy atom. The van der Waals surface area contributed by atoms with E-state index in [-0.39, 0.29) is 22.9 Å². The van der Waals surface area contributed by atoms with E-state index in [0.717, 1.165) is 12.1 Å². The van der Waals surface area contributed by atoms with Gasteiger partial charge in [0.1, 0.15) is 17.3 Å².